The molecule has 0 bridgehead atoms. The zero-order valence-corrected chi connectivity index (χ0v) is 16.9. The fraction of sp³-hybridized carbons (Fsp3) is 0.250. The predicted molar refractivity (Wildman–Crippen MR) is 114 cm³/mol. The number of benzene rings is 2. The van der Waals surface area contributed by atoms with Gasteiger partial charge in [0.05, 0.1) is 11.6 Å². The van der Waals surface area contributed by atoms with Crippen LogP contribution in [0.1, 0.15) is 23.6 Å². The summed E-state index contributed by atoms with van der Waals surface area (Å²) in [4.78, 5) is 27.2. The molecule has 1 fully saturated rings. The third kappa shape index (κ3) is 4.44. The number of hydrogen-bond donors (Lipinski definition) is 1. The fourth-order valence-electron chi connectivity index (χ4n) is 3.52. The van der Waals surface area contributed by atoms with Crippen molar-refractivity contribution in [3.8, 4) is 5.75 Å². The van der Waals surface area contributed by atoms with E-state index >= 15 is 0 Å². The highest BCUT2D eigenvalue weighted by atomic mass is 16.5. The van der Waals surface area contributed by atoms with Gasteiger partial charge in [-0.05, 0) is 24.1 Å². The Morgan fingerprint density at radius 1 is 1.17 bits per heavy atom. The molecule has 6 nitrogen and oxygen atoms in total. The summed E-state index contributed by atoms with van der Waals surface area (Å²) in [5.74, 6) is -0.928. The lowest BCUT2D eigenvalue weighted by molar-refractivity contribution is -0.140. The van der Waals surface area contributed by atoms with Crippen LogP contribution in [0.2, 0.25) is 0 Å². The van der Waals surface area contributed by atoms with Crippen LogP contribution in [0.15, 0.2) is 72.8 Å². The number of carbonyl (C=O) groups excluding carboxylic acids is 2. The van der Waals surface area contributed by atoms with Crippen molar-refractivity contribution < 1.29 is 24.2 Å². The van der Waals surface area contributed by atoms with Gasteiger partial charge in [-0.25, -0.2) is 0 Å². The first-order valence-corrected chi connectivity index (χ1v) is 9.75. The Bertz CT molecular complexity index is 951. The average molecular weight is 407 g/mol. The maximum absolute atomic E-state index is 12.9. The highest BCUT2D eigenvalue weighted by molar-refractivity contribution is 6.46. The molecule has 1 amide bonds. The Morgan fingerprint density at radius 2 is 1.93 bits per heavy atom. The van der Waals surface area contributed by atoms with Gasteiger partial charge in [0.25, 0.3) is 11.7 Å². The molecule has 156 valence electrons. The minimum Gasteiger partial charge on any atom is -0.507 e. The third-order valence-corrected chi connectivity index (χ3v) is 4.88. The molecule has 1 heterocycles. The molecule has 3 rings (SSSR count). The van der Waals surface area contributed by atoms with Gasteiger partial charge in [0.15, 0.2) is 0 Å². The van der Waals surface area contributed by atoms with Gasteiger partial charge in [-0.15, -0.1) is 0 Å². The molecule has 2 aromatic carbocycles. The minimum absolute atomic E-state index is 0.0736. The van der Waals surface area contributed by atoms with E-state index < -0.39 is 17.7 Å². The van der Waals surface area contributed by atoms with Gasteiger partial charge in [-0.2, -0.15) is 0 Å². The first kappa shape index (κ1) is 21.3. The smallest absolute Gasteiger partial charge is 0.295 e. The highest BCUT2D eigenvalue weighted by Crippen LogP contribution is 2.40. The Morgan fingerprint density at radius 3 is 2.63 bits per heavy atom. The van der Waals surface area contributed by atoms with E-state index in [0.29, 0.717) is 43.1 Å². The van der Waals surface area contributed by atoms with Gasteiger partial charge >= 0.3 is 0 Å². The number of ether oxygens (including phenoxy) is 2. The second kappa shape index (κ2) is 9.89. The highest BCUT2D eigenvalue weighted by Gasteiger charge is 2.45. The molecule has 6 heteroatoms. The second-order valence-electron chi connectivity index (χ2n) is 6.88. The van der Waals surface area contributed by atoms with E-state index in [-0.39, 0.29) is 11.3 Å². The number of ketones is 1. The molecule has 1 aliphatic rings. The first-order valence-electron chi connectivity index (χ1n) is 9.75. The average Bonchev–Trinajstić information content (AvgIpc) is 3.03. The van der Waals surface area contributed by atoms with Crippen LogP contribution in [0.4, 0.5) is 0 Å². The van der Waals surface area contributed by atoms with Gasteiger partial charge in [-0.3, -0.25) is 9.59 Å². The van der Waals surface area contributed by atoms with Crippen molar-refractivity contribution in [1.29, 1.82) is 0 Å². The number of aliphatic hydroxyl groups excluding tert-OH is 1. The Kier molecular flexibility index (Phi) is 7.03. The van der Waals surface area contributed by atoms with Gasteiger partial charge in [-0.1, -0.05) is 55.1 Å². The van der Waals surface area contributed by atoms with E-state index in [2.05, 4.69) is 6.58 Å². The SMILES string of the molecule is C=CCOc1cccc(C2/C(=C(\O)c3ccccc3)C(=O)C(=O)N2CCCOC)c1. The lowest BCUT2D eigenvalue weighted by Gasteiger charge is -2.25. The van der Waals surface area contributed by atoms with Crippen LogP contribution in [-0.4, -0.2) is 48.6 Å². The number of carbonyl (C=O) groups is 2. The van der Waals surface area contributed by atoms with E-state index in [1.807, 2.05) is 12.1 Å². The normalized spacial score (nSPS) is 17.9. The summed E-state index contributed by atoms with van der Waals surface area (Å²) in [6, 6.07) is 15.2. The fourth-order valence-corrected chi connectivity index (χ4v) is 3.52. The minimum atomic E-state index is -0.714. The molecule has 0 saturated carbocycles. The van der Waals surface area contributed by atoms with Gasteiger partial charge in [0.2, 0.25) is 0 Å². The van der Waals surface area contributed by atoms with Crippen LogP contribution in [-0.2, 0) is 14.3 Å². The van der Waals surface area contributed by atoms with E-state index in [0.717, 1.165) is 0 Å². The number of rotatable bonds is 9. The topological polar surface area (TPSA) is 76.1 Å². The number of amides is 1. The van der Waals surface area contributed by atoms with E-state index in [1.165, 1.54) is 4.90 Å². The monoisotopic (exact) mass is 407 g/mol. The maximum Gasteiger partial charge on any atom is 0.295 e. The van der Waals surface area contributed by atoms with Crippen LogP contribution < -0.4 is 4.74 Å². The molecule has 0 aromatic heterocycles. The van der Waals surface area contributed by atoms with Crippen molar-refractivity contribution in [2.24, 2.45) is 0 Å². The van der Waals surface area contributed by atoms with Gasteiger partial charge < -0.3 is 19.5 Å². The van der Waals surface area contributed by atoms with Crippen LogP contribution in [0.3, 0.4) is 0 Å². The van der Waals surface area contributed by atoms with E-state index in [1.54, 1.807) is 55.7 Å². The largest absolute Gasteiger partial charge is 0.507 e. The molecule has 1 atom stereocenters. The van der Waals surface area contributed by atoms with Crippen LogP contribution in [0.5, 0.6) is 5.75 Å². The van der Waals surface area contributed by atoms with E-state index in [4.69, 9.17) is 9.47 Å². The summed E-state index contributed by atoms with van der Waals surface area (Å²) >= 11 is 0. The zero-order chi connectivity index (χ0) is 21.5. The van der Waals surface area contributed by atoms with Crippen molar-refractivity contribution in [2.75, 3.05) is 26.9 Å². The lowest BCUT2D eigenvalue weighted by Crippen LogP contribution is -2.31. The molecule has 0 radical (unpaired) electrons. The van der Waals surface area contributed by atoms with Crippen LogP contribution >= 0.6 is 0 Å². The Hall–Kier alpha value is -3.38. The molecular formula is C24H25NO5. The number of methoxy groups -OCH3 is 1. The Labute approximate surface area is 176 Å². The molecular weight excluding hydrogens is 382 g/mol. The number of nitrogens with zero attached hydrogens (tertiary/aromatic N) is 1. The van der Waals surface area contributed by atoms with E-state index in [9.17, 15) is 14.7 Å². The second-order valence-corrected chi connectivity index (χ2v) is 6.88. The Balaban J connectivity index is 2.09. The summed E-state index contributed by atoms with van der Waals surface area (Å²) in [6.07, 6.45) is 2.21. The molecule has 30 heavy (non-hydrogen) atoms. The molecule has 1 N–H and O–H groups in total. The summed E-state index contributed by atoms with van der Waals surface area (Å²) < 4.78 is 10.7. The first-order chi connectivity index (χ1) is 14.6. The van der Waals surface area contributed by atoms with Gasteiger partial charge in [0, 0.05) is 25.8 Å². The van der Waals surface area contributed by atoms with Crippen LogP contribution in [0, 0.1) is 0 Å². The van der Waals surface area contributed by atoms with Crippen molar-refractivity contribution in [2.45, 2.75) is 12.5 Å². The molecule has 1 saturated heterocycles. The molecule has 0 aliphatic carbocycles. The number of likely N-dealkylation sites (tertiary alicyclic amines) is 1. The van der Waals surface area contributed by atoms with Crippen molar-refractivity contribution in [3.63, 3.8) is 0 Å². The lowest BCUT2D eigenvalue weighted by atomic mass is 9.95. The third-order valence-electron chi connectivity index (χ3n) is 4.88. The summed E-state index contributed by atoms with van der Waals surface area (Å²) in [6.45, 7) is 4.76. The standard InChI is InChI=1S/C24H25NO5/c1-3-14-30-19-12-7-11-18(16-19)21-20(22(26)17-9-5-4-6-10-17)23(27)24(28)25(21)13-8-15-29-2/h3-7,9-12,16,21,26H,1,8,13-15H2,2H3/b22-20+. The van der Waals surface area contributed by atoms with Crippen molar-refractivity contribution in [3.05, 3.63) is 84.0 Å². The maximum atomic E-state index is 12.9. The quantitative estimate of drug-likeness (QED) is 0.225. The van der Waals surface area contributed by atoms with Crippen molar-refractivity contribution in [1.82, 2.24) is 4.90 Å². The number of Topliss-reactive ketones (excluding diaryl/α,β-unsaturated/α-hetero) is 1. The molecule has 0 spiro atoms. The summed E-state index contributed by atoms with van der Waals surface area (Å²) in [5.41, 5.74) is 1.24. The molecule has 2 aromatic rings. The number of aliphatic hydroxyl groups is 1. The summed E-state index contributed by atoms with van der Waals surface area (Å²) in [7, 11) is 1.58. The summed E-state index contributed by atoms with van der Waals surface area (Å²) in [5, 5.41) is 11.0. The molecule has 1 aliphatic heterocycles. The molecule has 1 unspecified atom stereocenters. The number of hydrogen-bond acceptors (Lipinski definition) is 5. The zero-order valence-electron chi connectivity index (χ0n) is 16.9. The van der Waals surface area contributed by atoms with Crippen molar-refractivity contribution >= 4 is 17.4 Å². The predicted octanol–water partition coefficient (Wildman–Crippen LogP) is 3.71. The van der Waals surface area contributed by atoms with Crippen LogP contribution in [0.25, 0.3) is 5.76 Å². The van der Waals surface area contributed by atoms with Gasteiger partial charge in [0.1, 0.15) is 18.1 Å².